The summed E-state index contributed by atoms with van der Waals surface area (Å²) in [6, 6.07) is 10.4. The number of aryl methyl sites for hydroxylation is 2. The van der Waals surface area contributed by atoms with Gasteiger partial charge in [0, 0.05) is 12.5 Å². The van der Waals surface area contributed by atoms with Crippen LogP contribution in [0.2, 0.25) is 0 Å². The summed E-state index contributed by atoms with van der Waals surface area (Å²) in [7, 11) is 5.01. The second-order valence-corrected chi connectivity index (χ2v) is 9.80. The van der Waals surface area contributed by atoms with E-state index < -0.39 is 5.09 Å². The van der Waals surface area contributed by atoms with E-state index >= 15 is 0 Å². The Kier molecular flexibility index (Phi) is 10.1. The van der Waals surface area contributed by atoms with Gasteiger partial charge in [0.05, 0.1) is 45.5 Å². The molecule has 39 heavy (non-hydrogen) atoms. The van der Waals surface area contributed by atoms with Gasteiger partial charge in [0.1, 0.15) is 0 Å². The van der Waals surface area contributed by atoms with Gasteiger partial charge < -0.3 is 23.8 Å². The normalized spacial score (nSPS) is 12.0. The lowest BCUT2D eigenvalue weighted by Crippen LogP contribution is -2.40. The molecule has 9 heteroatoms. The van der Waals surface area contributed by atoms with Crippen LogP contribution in [0.4, 0.5) is 0 Å². The number of benzene rings is 2. The molecule has 0 amide bonds. The van der Waals surface area contributed by atoms with Crippen LogP contribution >= 0.6 is 0 Å². The molecule has 1 aliphatic heterocycles. The summed E-state index contributed by atoms with van der Waals surface area (Å²) in [5.41, 5.74) is 3.55. The molecule has 1 aromatic heterocycles. The van der Waals surface area contributed by atoms with Crippen molar-refractivity contribution < 1.29 is 33.4 Å². The van der Waals surface area contributed by atoms with Gasteiger partial charge >= 0.3 is 0 Å². The molecule has 2 aromatic carbocycles. The maximum Gasteiger partial charge on any atom is 0.294 e. The third-order valence-electron chi connectivity index (χ3n) is 7.29. The van der Waals surface area contributed by atoms with Crippen LogP contribution in [0.5, 0.6) is 23.0 Å². The predicted octanol–water partition coefficient (Wildman–Crippen LogP) is 6.08. The van der Waals surface area contributed by atoms with Crippen LogP contribution in [0.1, 0.15) is 56.9 Å². The minimum atomic E-state index is -0.725. The number of hydrogen-bond donors (Lipinski definition) is 0. The van der Waals surface area contributed by atoms with Crippen molar-refractivity contribution in [1.29, 1.82) is 0 Å². The number of pyridine rings is 1. The van der Waals surface area contributed by atoms with E-state index in [0.717, 1.165) is 109 Å². The summed E-state index contributed by atoms with van der Waals surface area (Å²) in [5.74, 6) is 3.02. The molecule has 210 valence electrons. The van der Waals surface area contributed by atoms with Crippen molar-refractivity contribution in [3.8, 4) is 34.3 Å². The Hall–Kier alpha value is -3.75. The summed E-state index contributed by atoms with van der Waals surface area (Å²) in [6.45, 7) is 1.70. The molecule has 0 saturated carbocycles. The number of rotatable bonds is 16. The van der Waals surface area contributed by atoms with Crippen LogP contribution in [-0.2, 0) is 17.8 Å². The molecule has 0 aliphatic carbocycles. The minimum Gasteiger partial charge on any atom is -0.493 e. The monoisotopic (exact) mass is 539 g/mol. The van der Waals surface area contributed by atoms with E-state index in [9.17, 15) is 10.1 Å². The highest BCUT2D eigenvalue weighted by molar-refractivity contribution is 5.91. The summed E-state index contributed by atoms with van der Waals surface area (Å²) < 4.78 is 25.3. The van der Waals surface area contributed by atoms with Crippen molar-refractivity contribution in [2.75, 3.05) is 34.5 Å². The highest BCUT2D eigenvalue weighted by Gasteiger charge is 2.27. The number of unbranched alkanes of at least 4 members (excludes halogenated alkanes) is 7. The summed E-state index contributed by atoms with van der Waals surface area (Å²) in [6.07, 6.45) is 11.4. The molecule has 4 rings (SSSR count). The fourth-order valence-electron chi connectivity index (χ4n) is 5.22. The highest BCUT2D eigenvalue weighted by Crippen LogP contribution is 2.40. The van der Waals surface area contributed by atoms with Crippen LogP contribution in [0.3, 0.4) is 0 Å². The smallest absolute Gasteiger partial charge is 0.294 e. The second-order valence-electron chi connectivity index (χ2n) is 9.80. The molecule has 0 bridgehead atoms. The number of fused-ring (bicyclic) bond motifs is 4. The van der Waals surface area contributed by atoms with Crippen molar-refractivity contribution in [2.24, 2.45) is 0 Å². The van der Waals surface area contributed by atoms with Crippen molar-refractivity contribution in [2.45, 2.75) is 64.3 Å². The first-order chi connectivity index (χ1) is 19.0. The van der Waals surface area contributed by atoms with Gasteiger partial charge in [-0.25, -0.2) is 0 Å². The van der Waals surface area contributed by atoms with E-state index in [0.29, 0.717) is 6.61 Å². The molecular weight excluding hydrogens is 500 g/mol. The van der Waals surface area contributed by atoms with Crippen molar-refractivity contribution >= 4 is 10.8 Å². The van der Waals surface area contributed by atoms with Crippen LogP contribution < -0.4 is 23.5 Å². The van der Waals surface area contributed by atoms with Gasteiger partial charge in [-0.3, -0.25) is 0 Å². The largest absolute Gasteiger partial charge is 0.493 e. The number of aromatic nitrogens is 1. The lowest BCUT2D eigenvalue weighted by molar-refractivity contribution is -0.757. The van der Waals surface area contributed by atoms with Gasteiger partial charge in [0.25, 0.3) is 5.09 Å². The van der Waals surface area contributed by atoms with Crippen molar-refractivity contribution in [3.05, 3.63) is 52.2 Å². The molecule has 0 unspecified atom stereocenters. The first kappa shape index (κ1) is 28.3. The fraction of sp³-hybridized carbons (Fsp3) is 0.500. The molecule has 2 heterocycles. The molecule has 0 N–H and O–H groups in total. The van der Waals surface area contributed by atoms with E-state index in [-0.39, 0.29) is 6.61 Å². The van der Waals surface area contributed by atoms with Crippen molar-refractivity contribution in [3.63, 3.8) is 0 Å². The van der Waals surface area contributed by atoms with Gasteiger partial charge in [-0.2, -0.15) is 4.57 Å². The zero-order chi connectivity index (χ0) is 27.6. The zero-order valence-electron chi connectivity index (χ0n) is 23.2. The standard InChI is InChI=1S/C30H39N2O7/c1-35-27-13-12-22-18-26-24-20-29(37-3)28(36-2)19-23(24)14-15-31(26)21-25(22)30(27)38-16-10-8-6-4-5-7-9-11-17-39-32(33)34/h12-13,18-21H,4-11,14-17H2,1-3H3/q+1. The maximum absolute atomic E-state index is 10.1. The van der Waals surface area contributed by atoms with E-state index in [1.807, 2.05) is 6.07 Å². The molecule has 0 saturated heterocycles. The Labute approximate surface area is 229 Å². The zero-order valence-corrected chi connectivity index (χ0v) is 23.2. The number of hydrogen-bond acceptors (Lipinski definition) is 7. The summed E-state index contributed by atoms with van der Waals surface area (Å²) in [5, 5.41) is 11.6. The van der Waals surface area contributed by atoms with Gasteiger partial charge in [0.15, 0.2) is 35.7 Å². The average Bonchev–Trinajstić information content (AvgIpc) is 2.95. The average molecular weight is 540 g/mol. The predicted molar refractivity (Wildman–Crippen MR) is 148 cm³/mol. The Morgan fingerprint density at radius 1 is 0.821 bits per heavy atom. The highest BCUT2D eigenvalue weighted by atomic mass is 16.9. The molecular formula is C30H39N2O7+. The lowest BCUT2D eigenvalue weighted by atomic mass is 9.95. The Bertz CT molecular complexity index is 1280. The number of ether oxygens (including phenoxy) is 4. The van der Waals surface area contributed by atoms with Crippen LogP contribution in [0.25, 0.3) is 22.0 Å². The molecule has 0 spiro atoms. The van der Waals surface area contributed by atoms with Crippen LogP contribution in [-0.4, -0.2) is 39.6 Å². The van der Waals surface area contributed by atoms with E-state index in [1.165, 1.54) is 5.56 Å². The van der Waals surface area contributed by atoms with Gasteiger partial charge in [-0.1, -0.05) is 38.5 Å². The lowest BCUT2D eigenvalue weighted by Gasteiger charge is -2.19. The van der Waals surface area contributed by atoms with Gasteiger partial charge in [0.2, 0.25) is 5.69 Å². The Morgan fingerprint density at radius 3 is 2.13 bits per heavy atom. The van der Waals surface area contributed by atoms with Crippen LogP contribution in [0.15, 0.2) is 36.5 Å². The Balaban J connectivity index is 1.36. The van der Waals surface area contributed by atoms with Gasteiger partial charge in [-0.05, 0) is 48.1 Å². The third kappa shape index (κ3) is 7.02. The SMILES string of the molecule is COc1cc2c(cc1OC)-c1cc3ccc(OC)c(OCCCCCCCCCCO[N+](=O)[O-])c3c[n+]1CC2. The molecule has 0 atom stereocenters. The molecule has 9 nitrogen and oxygen atoms in total. The number of nitrogens with zero attached hydrogens (tertiary/aromatic N) is 2. The van der Waals surface area contributed by atoms with Crippen LogP contribution in [0, 0.1) is 10.1 Å². The Morgan fingerprint density at radius 2 is 1.46 bits per heavy atom. The second kappa shape index (κ2) is 13.9. The fourth-order valence-corrected chi connectivity index (χ4v) is 5.22. The summed E-state index contributed by atoms with van der Waals surface area (Å²) in [4.78, 5) is 14.5. The first-order valence-corrected chi connectivity index (χ1v) is 13.7. The first-order valence-electron chi connectivity index (χ1n) is 13.7. The van der Waals surface area contributed by atoms with E-state index in [2.05, 4.69) is 39.9 Å². The minimum absolute atomic E-state index is 0.195. The summed E-state index contributed by atoms with van der Waals surface area (Å²) >= 11 is 0. The quantitative estimate of drug-likeness (QED) is 0.0942. The molecule has 0 fully saturated rings. The van der Waals surface area contributed by atoms with E-state index in [4.69, 9.17) is 18.9 Å². The maximum atomic E-state index is 10.1. The van der Waals surface area contributed by atoms with Gasteiger partial charge in [-0.15, -0.1) is 10.1 Å². The number of methoxy groups -OCH3 is 3. The topological polar surface area (TPSA) is 93.2 Å². The molecule has 1 aliphatic rings. The van der Waals surface area contributed by atoms with E-state index in [1.54, 1.807) is 21.3 Å². The molecule has 3 aromatic rings. The van der Waals surface area contributed by atoms with Crippen molar-refractivity contribution in [1.82, 2.24) is 0 Å². The third-order valence-corrected chi connectivity index (χ3v) is 7.29. The molecule has 0 radical (unpaired) electrons.